The molecule has 0 saturated heterocycles. The fourth-order valence-corrected chi connectivity index (χ4v) is 1.97. The highest BCUT2D eigenvalue weighted by Crippen LogP contribution is 2.22. The second-order valence-corrected chi connectivity index (χ2v) is 6.35. The van der Waals surface area contributed by atoms with Crippen LogP contribution in [0.2, 0.25) is 0 Å². The molecule has 0 aliphatic rings. The minimum atomic E-state index is 0.135. The highest BCUT2D eigenvalue weighted by molar-refractivity contribution is 5.34. The molecule has 0 amide bonds. The minimum Gasteiger partial charge on any atom is -0.457 e. The molecule has 0 aliphatic carbocycles. The normalized spacial score (nSPS) is 11.4. The fraction of sp³-hybridized carbons (Fsp3) is 0.368. The van der Waals surface area contributed by atoms with Gasteiger partial charge in [0, 0.05) is 12.1 Å². The molecule has 0 bridgehead atoms. The summed E-state index contributed by atoms with van der Waals surface area (Å²) < 4.78 is 5.86. The van der Waals surface area contributed by atoms with Crippen molar-refractivity contribution in [3.8, 4) is 11.5 Å². The van der Waals surface area contributed by atoms with Crippen molar-refractivity contribution in [1.29, 1.82) is 0 Å². The van der Waals surface area contributed by atoms with Crippen LogP contribution in [0.4, 0.5) is 0 Å². The van der Waals surface area contributed by atoms with Gasteiger partial charge in [0.15, 0.2) is 0 Å². The maximum absolute atomic E-state index is 5.86. The van der Waals surface area contributed by atoms with Crippen molar-refractivity contribution in [2.75, 3.05) is 0 Å². The molecule has 0 fully saturated rings. The van der Waals surface area contributed by atoms with Crippen LogP contribution < -0.4 is 10.1 Å². The Morgan fingerprint density at radius 3 is 1.71 bits per heavy atom. The van der Waals surface area contributed by atoms with E-state index in [1.165, 1.54) is 11.1 Å². The Morgan fingerprint density at radius 2 is 1.29 bits per heavy atom. The zero-order chi connectivity index (χ0) is 15.3. The van der Waals surface area contributed by atoms with Crippen molar-refractivity contribution in [1.82, 2.24) is 5.32 Å². The van der Waals surface area contributed by atoms with E-state index in [0.717, 1.165) is 24.5 Å². The van der Waals surface area contributed by atoms with Crippen molar-refractivity contribution in [3.05, 3.63) is 59.7 Å². The number of benzene rings is 2. The molecule has 0 aliphatic heterocycles. The second kappa shape index (κ2) is 6.77. The average molecular weight is 283 g/mol. The van der Waals surface area contributed by atoms with Crippen LogP contribution in [-0.4, -0.2) is 5.54 Å². The quantitative estimate of drug-likeness (QED) is 0.840. The highest BCUT2D eigenvalue weighted by Gasteiger charge is 2.08. The van der Waals surface area contributed by atoms with Gasteiger partial charge in [-0.15, -0.1) is 0 Å². The van der Waals surface area contributed by atoms with Crippen molar-refractivity contribution in [2.24, 2.45) is 0 Å². The van der Waals surface area contributed by atoms with Crippen LogP contribution in [0.15, 0.2) is 48.5 Å². The zero-order valence-corrected chi connectivity index (χ0v) is 13.4. The summed E-state index contributed by atoms with van der Waals surface area (Å²) in [6, 6.07) is 16.5. The SMILES string of the molecule is CCc1ccc(Oc2ccc(CNC(C)(C)C)cc2)cc1. The molecule has 1 N–H and O–H groups in total. The molecule has 21 heavy (non-hydrogen) atoms. The van der Waals surface area contributed by atoms with Crippen molar-refractivity contribution in [3.63, 3.8) is 0 Å². The summed E-state index contributed by atoms with van der Waals surface area (Å²) in [4.78, 5) is 0. The molecular formula is C19H25NO. The van der Waals surface area contributed by atoms with Crippen LogP contribution in [0.3, 0.4) is 0 Å². The van der Waals surface area contributed by atoms with E-state index in [9.17, 15) is 0 Å². The molecule has 0 aromatic heterocycles. The molecule has 112 valence electrons. The Hall–Kier alpha value is -1.80. The van der Waals surface area contributed by atoms with Crippen LogP contribution in [0.25, 0.3) is 0 Å². The highest BCUT2D eigenvalue weighted by atomic mass is 16.5. The molecule has 2 heteroatoms. The van der Waals surface area contributed by atoms with Crippen molar-refractivity contribution in [2.45, 2.75) is 46.2 Å². The Morgan fingerprint density at radius 1 is 0.810 bits per heavy atom. The molecule has 0 heterocycles. The van der Waals surface area contributed by atoms with Gasteiger partial charge in [-0.3, -0.25) is 0 Å². The van der Waals surface area contributed by atoms with Gasteiger partial charge in [0.2, 0.25) is 0 Å². The largest absolute Gasteiger partial charge is 0.457 e. The van der Waals surface area contributed by atoms with Gasteiger partial charge in [-0.2, -0.15) is 0 Å². The first-order chi connectivity index (χ1) is 9.96. The van der Waals surface area contributed by atoms with Gasteiger partial charge < -0.3 is 10.1 Å². The van der Waals surface area contributed by atoms with E-state index in [1.54, 1.807) is 0 Å². The van der Waals surface area contributed by atoms with Gasteiger partial charge in [0.05, 0.1) is 0 Å². The maximum atomic E-state index is 5.86. The van der Waals surface area contributed by atoms with Crippen molar-refractivity contribution < 1.29 is 4.74 Å². The lowest BCUT2D eigenvalue weighted by atomic mass is 10.1. The Labute approximate surface area is 128 Å². The standard InChI is InChI=1S/C19H25NO/c1-5-15-6-10-17(11-7-15)21-18-12-8-16(9-13-18)14-20-19(2,3)4/h6-13,20H,5,14H2,1-4H3. The summed E-state index contributed by atoms with van der Waals surface area (Å²) in [5, 5.41) is 3.48. The molecule has 2 aromatic rings. The molecule has 2 rings (SSSR count). The van der Waals surface area contributed by atoms with Gasteiger partial charge in [0.25, 0.3) is 0 Å². The second-order valence-electron chi connectivity index (χ2n) is 6.35. The summed E-state index contributed by atoms with van der Waals surface area (Å²) in [6.45, 7) is 9.54. The predicted molar refractivity (Wildman–Crippen MR) is 88.9 cm³/mol. The van der Waals surface area contributed by atoms with E-state index in [-0.39, 0.29) is 5.54 Å². The number of nitrogens with one attached hydrogen (secondary N) is 1. The summed E-state index contributed by atoms with van der Waals surface area (Å²) in [5.41, 5.74) is 2.72. The smallest absolute Gasteiger partial charge is 0.127 e. The first-order valence-corrected chi connectivity index (χ1v) is 7.57. The van der Waals surface area contributed by atoms with E-state index in [4.69, 9.17) is 4.74 Å². The van der Waals surface area contributed by atoms with Gasteiger partial charge in [-0.1, -0.05) is 31.2 Å². The lowest BCUT2D eigenvalue weighted by Crippen LogP contribution is -2.34. The summed E-state index contributed by atoms with van der Waals surface area (Å²) in [6.07, 6.45) is 1.05. The summed E-state index contributed by atoms with van der Waals surface area (Å²) in [7, 11) is 0. The zero-order valence-electron chi connectivity index (χ0n) is 13.4. The topological polar surface area (TPSA) is 21.3 Å². The van der Waals surface area contributed by atoms with Gasteiger partial charge in [-0.05, 0) is 62.6 Å². The van der Waals surface area contributed by atoms with Gasteiger partial charge in [-0.25, -0.2) is 0 Å². The van der Waals surface area contributed by atoms with Gasteiger partial charge in [0.1, 0.15) is 11.5 Å². The maximum Gasteiger partial charge on any atom is 0.127 e. The average Bonchev–Trinajstić information content (AvgIpc) is 2.46. The molecule has 0 unspecified atom stereocenters. The molecule has 2 aromatic carbocycles. The van der Waals surface area contributed by atoms with Gasteiger partial charge >= 0.3 is 0 Å². The molecule has 0 saturated carbocycles. The third-order valence-corrected chi connectivity index (χ3v) is 3.31. The number of hydrogen-bond donors (Lipinski definition) is 1. The third-order valence-electron chi connectivity index (χ3n) is 3.31. The first-order valence-electron chi connectivity index (χ1n) is 7.57. The molecule has 0 radical (unpaired) electrons. The molecule has 0 atom stereocenters. The van der Waals surface area contributed by atoms with Crippen molar-refractivity contribution >= 4 is 0 Å². The number of aryl methyl sites for hydroxylation is 1. The number of ether oxygens (including phenoxy) is 1. The minimum absolute atomic E-state index is 0.135. The number of rotatable bonds is 5. The summed E-state index contributed by atoms with van der Waals surface area (Å²) >= 11 is 0. The van der Waals surface area contributed by atoms with Crippen LogP contribution in [0.5, 0.6) is 11.5 Å². The van der Waals surface area contributed by atoms with E-state index in [0.29, 0.717) is 0 Å². The third kappa shape index (κ3) is 5.24. The Kier molecular flexibility index (Phi) is 5.03. The van der Waals surface area contributed by atoms with Crippen LogP contribution >= 0.6 is 0 Å². The van der Waals surface area contributed by atoms with E-state index >= 15 is 0 Å². The van der Waals surface area contributed by atoms with E-state index < -0.39 is 0 Å². The Balaban J connectivity index is 1.95. The van der Waals surface area contributed by atoms with Crippen LogP contribution in [0.1, 0.15) is 38.8 Å². The lowest BCUT2D eigenvalue weighted by Gasteiger charge is -2.20. The predicted octanol–water partition coefficient (Wildman–Crippen LogP) is 4.93. The molecular weight excluding hydrogens is 258 g/mol. The monoisotopic (exact) mass is 283 g/mol. The number of hydrogen-bond acceptors (Lipinski definition) is 2. The van der Waals surface area contributed by atoms with Crippen LogP contribution in [0, 0.1) is 0 Å². The van der Waals surface area contributed by atoms with Crippen LogP contribution in [-0.2, 0) is 13.0 Å². The van der Waals surface area contributed by atoms with E-state index in [2.05, 4.69) is 57.3 Å². The first kappa shape index (κ1) is 15.6. The molecule has 2 nitrogen and oxygen atoms in total. The lowest BCUT2D eigenvalue weighted by molar-refractivity contribution is 0.424. The molecule has 0 spiro atoms. The fourth-order valence-electron chi connectivity index (χ4n) is 1.97. The summed E-state index contributed by atoms with van der Waals surface area (Å²) in [5.74, 6) is 1.76. The Bertz CT molecular complexity index is 550. The van der Waals surface area contributed by atoms with E-state index in [1.807, 2.05) is 24.3 Å².